The minimum Gasteiger partial charge on any atom is -0.480 e. The van der Waals surface area contributed by atoms with E-state index in [0.717, 1.165) is 11.1 Å². The number of aliphatic carboxylic acids is 1. The lowest BCUT2D eigenvalue weighted by molar-refractivity contribution is -0.135. The van der Waals surface area contributed by atoms with Crippen LogP contribution in [0.1, 0.15) is 10.5 Å². The van der Waals surface area contributed by atoms with E-state index in [4.69, 9.17) is 10.8 Å². The number of anilines is 1. The quantitative estimate of drug-likeness (QED) is 0.773. The number of carboxylic acids is 1. The maximum Gasteiger partial charge on any atom is 0.322 e. The highest BCUT2D eigenvalue weighted by atomic mass is 16.4. The molecule has 0 bridgehead atoms. The molecule has 1 aromatic heterocycles. The van der Waals surface area contributed by atoms with Gasteiger partial charge in [-0.05, 0) is 11.6 Å². The number of aromatic nitrogens is 1. The molecule has 0 saturated carbocycles. The molecule has 4 N–H and O–H groups in total. The standard InChI is InChI=1S/C14H13N3O3/c15-11-6-10(9-4-2-1-3-5-9)7-16-13(11)14(20)17-8-12(18)19/h1-7H,8,15H2,(H,17,20)(H,18,19). The molecule has 6 heteroatoms. The van der Waals surface area contributed by atoms with Crippen molar-refractivity contribution in [2.24, 2.45) is 0 Å². The normalized spacial score (nSPS) is 10.0. The summed E-state index contributed by atoms with van der Waals surface area (Å²) in [6.45, 7) is -0.472. The number of rotatable bonds is 4. The molecule has 0 unspecified atom stereocenters. The van der Waals surface area contributed by atoms with E-state index in [-0.39, 0.29) is 11.4 Å². The maximum absolute atomic E-state index is 11.7. The molecule has 0 spiro atoms. The van der Waals surface area contributed by atoms with Crippen LogP contribution in [0.5, 0.6) is 0 Å². The Labute approximate surface area is 115 Å². The second-order valence-corrected chi connectivity index (χ2v) is 4.10. The fraction of sp³-hybridized carbons (Fsp3) is 0.0714. The molecule has 2 aromatic rings. The number of carboxylic acid groups (broad SMARTS) is 1. The summed E-state index contributed by atoms with van der Waals surface area (Å²) >= 11 is 0. The highest BCUT2D eigenvalue weighted by molar-refractivity contribution is 5.98. The van der Waals surface area contributed by atoms with E-state index in [1.165, 1.54) is 6.20 Å². The molecule has 2 rings (SSSR count). The second-order valence-electron chi connectivity index (χ2n) is 4.10. The third-order valence-corrected chi connectivity index (χ3v) is 2.64. The number of nitrogens with one attached hydrogen (secondary N) is 1. The Morgan fingerprint density at radius 3 is 2.50 bits per heavy atom. The molecule has 0 aliphatic heterocycles. The number of carbonyl (C=O) groups excluding carboxylic acids is 1. The average Bonchev–Trinajstić information content (AvgIpc) is 2.45. The lowest BCUT2D eigenvalue weighted by Gasteiger charge is -2.07. The summed E-state index contributed by atoms with van der Waals surface area (Å²) in [5, 5.41) is 10.7. The smallest absolute Gasteiger partial charge is 0.322 e. The number of nitrogen functional groups attached to an aromatic ring is 1. The Balaban J connectivity index is 2.22. The fourth-order valence-corrected chi connectivity index (χ4v) is 1.70. The predicted octanol–water partition coefficient (Wildman–Crippen LogP) is 1.15. The Morgan fingerprint density at radius 1 is 1.20 bits per heavy atom. The molecule has 20 heavy (non-hydrogen) atoms. The summed E-state index contributed by atoms with van der Waals surface area (Å²) < 4.78 is 0. The van der Waals surface area contributed by atoms with E-state index in [1.54, 1.807) is 6.07 Å². The Bertz CT molecular complexity index is 641. The molecule has 0 saturated heterocycles. The van der Waals surface area contributed by atoms with Crippen molar-refractivity contribution in [3.63, 3.8) is 0 Å². The van der Waals surface area contributed by atoms with Gasteiger partial charge in [0, 0.05) is 11.8 Å². The predicted molar refractivity (Wildman–Crippen MR) is 74.1 cm³/mol. The van der Waals surface area contributed by atoms with E-state index in [1.807, 2.05) is 30.3 Å². The molecule has 1 aromatic carbocycles. The van der Waals surface area contributed by atoms with Crippen molar-refractivity contribution >= 4 is 17.6 Å². The van der Waals surface area contributed by atoms with Crippen LogP contribution in [0, 0.1) is 0 Å². The monoisotopic (exact) mass is 271 g/mol. The van der Waals surface area contributed by atoms with Crippen LogP contribution in [-0.2, 0) is 4.79 Å². The van der Waals surface area contributed by atoms with Crippen molar-refractivity contribution in [1.82, 2.24) is 10.3 Å². The van der Waals surface area contributed by atoms with Crippen LogP contribution >= 0.6 is 0 Å². The summed E-state index contributed by atoms with van der Waals surface area (Å²) in [5.74, 6) is -1.73. The third kappa shape index (κ3) is 3.11. The molecule has 0 atom stereocenters. The third-order valence-electron chi connectivity index (χ3n) is 2.64. The van der Waals surface area contributed by atoms with Crippen LogP contribution in [0.4, 0.5) is 5.69 Å². The number of hydrogen-bond donors (Lipinski definition) is 3. The van der Waals surface area contributed by atoms with Crippen molar-refractivity contribution in [3.8, 4) is 11.1 Å². The lowest BCUT2D eigenvalue weighted by Crippen LogP contribution is -2.30. The van der Waals surface area contributed by atoms with Crippen molar-refractivity contribution in [1.29, 1.82) is 0 Å². The van der Waals surface area contributed by atoms with Gasteiger partial charge in [0.1, 0.15) is 6.54 Å². The van der Waals surface area contributed by atoms with Crippen molar-refractivity contribution in [2.75, 3.05) is 12.3 Å². The first-order valence-corrected chi connectivity index (χ1v) is 5.89. The van der Waals surface area contributed by atoms with E-state index < -0.39 is 18.4 Å². The summed E-state index contributed by atoms with van der Waals surface area (Å²) in [6, 6.07) is 11.1. The van der Waals surface area contributed by atoms with Crippen LogP contribution in [0.15, 0.2) is 42.6 Å². The van der Waals surface area contributed by atoms with Gasteiger partial charge in [0.25, 0.3) is 5.91 Å². The molecule has 1 amide bonds. The summed E-state index contributed by atoms with van der Waals surface area (Å²) in [7, 11) is 0. The van der Waals surface area contributed by atoms with E-state index in [0.29, 0.717) is 0 Å². The Kier molecular flexibility index (Phi) is 3.95. The summed E-state index contributed by atoms with van der Waals surface area (Å²) in [4.78, 5) is 26.1. The number of hydrogen-bond acceptors (Lipinski definition) is 4. The van der Waals surface area contributed by atoms with Gasteiger partial charge < -0.3 is 16.2 Å². The fourth-order valence-electron chi connectivity index (χ4n) is 1.70. The molecule has 0 radical (unpaired) electrons. The van der Waals surface area contributed by atoms with Crippen molar-refractivity contribution < 1.29 is 14.7 Å². The Hall–Kier alpha value is -2.89. The van der Waals surface area contributed by atoms with E-state index in [9.17, 15) is 9.59 Å². The first-order chi connectivity index (χ1) is 9.58. The van der Waals surface area contributed by atoms with Gasteiger partial charge in [0.15, 0.2) is 5.69 Å². The number of nitrogens with zero attached hydrogens (tertiary/aromatic N) is 1. The molecule has 0 fully saturated rings. The topological polar surface area (TPSA) is 105 Å². The van der Waals surface area contributed by atoms with Gasteiger partial charge in [-0.1, -0.05) is 30.3 Å². The SMILES string of the molecule is Nc1cc(-c2ccccc2)cnc1C(=O)NCC(=O)O. The number of pyridine rings is 1. The van der Waals surface area contributed by atoms with E-state index in [2.05, 4.69) is 10.3 Å². The zero-order valence-electron chi connectivity index (χ0n) is 10.5. The van der Waals surface area contributed by atoms with Gasteiger partial charge >= 0.3 is 5.97 Å². The van der Waals surface area contributed by atoms with Crippen molar-refractivity contribution in [2.45, 2.75) is 0 Å². The Morgan fingerprint density at radius 2 is 1.90 bits per heavy atom. The van der Waals surface area contributed by atoms with Crippen LogP contribution in [0.3, 0.4) is 0 Å². The molecule has 102 valence electrons. The second kappa shape index (κ2) is 5.83. The van der Waals surface area contributed by atoms with Gasteiger partial charge in [-0.15, -0.1) is 0 Å². The highest BCUT2D eigenvalue weighted by Crippen LogP contribution is 2.21. The molecule has 1 heterocycles. The van der Waals surface area contributed by atoms with Gasteiger partial charge in [0.05, 0.1) is 5.69 Å². The molecule has 6 nitrogen and oxygen atoms in total. The minimum atomic E-state index is -1.13. The number of nitrogens with two attached hydrogens (primary N) is 1. The largest absolute Gasteiger partial charge is 0.480 e. The van der Waals surface area contributed by atoms with Crippen LogP contribution in [0.25, 0.3) is 11.1 Å². The van der Waals surface area contributed by atoms with Crippen LogP contribution in [0.2, 0.25) is 0 Å². The number of benzene rings is 1. The maximum atomic E-state index is 11.7. The van der Waals surface area contributed by atoms with Gasteiger partial charge in [-0.3, -0.25) is 9.59 Å². The molecule has 0 aliphatic rings. The highest BCUT2D eigenvalue weighted by Gasteiger charge is 2.13. The molecular weight excluding hydrogens is 258 g/mol. The van der Waals surface area contributed by atoms with Gasteiger partial charge in [-0.2, -0.15) is 0 Å². The number of carbonyl (C=O) groups is 2. The number of amides is 1. The average molecular weight is 271 g/mol. The van der Waals surface area contributed by atoms with Crippen LogP contribution < -0.4 is 11.1 Å². The molecule has 0 aliphatic carbocycles. The zero-order chi connectivity index (χ0) is 14.5. The minimum absolute atomic E-state index is 0.0194. The van der Waals surface area contributed by atoms with Crippen LogP contribution in [-0.4, -0.2) is 28.5 Å². The first-order valence-electron chi connectivity index (χ1n) is 5.89. The lowest BCUT2D eigenvalue weighted by atomic mass is 10.1. The van der Waals surface area contributed by atoms with Crippen molar-refractivity contribution in [3.05, 3.63) is 48.3 Å². The first kappa shape index (κ1) is 13.5. The summed E-state index contributed by atoms with van der Waals surface area (Å²) in [5.41, 5.74) is 7.74. The van der Waals surface area contributed by atoms with Gasteiger partial charge in [-0.25, -0.2) is 4.98 Å². The van der Waals surface area contributed by atoms with E-state index >= 15 is 0 Å². The molecular formula is C14H13N3O3. The summed E-state index contributed by atoms with van der Waals surface area (Å²) in [6.07, 6.45) is 1.53. The van der Waals surface area contributed by atoms with Gasteiger partial charge in [0.2, 0.25) is 0 Å². The zero-order valence-corrected chi connectivity index (χ0v) is 10.5.